The van der Waals surface area contributed by atoms with Crippen LogP contribution < -0.4 is 10.6 Å². The van der Waals surface area contributed by atoms with Gasteiger partial charge in [0.15, 0.2) is 11.1 Å². The highest BCUT2D eigenvalue weighted by Crippen LogP contribution is 2.44. The summed E-state index contributed by atoms with van der Waals surface area (Å²) in [5.74, 6) is -1.52. The molecule has 0 saturated carbocycles. The number of anilines is 1. The summed E-state index contributed by atoms with van der Waals surface area (Å²) in [7, 11) is 0. The van der Waals surface area contributed by atoms with Crippen LogP contribution in [0.5, 0.6) is 0 Å². The molecule has 1 aliphatic rings. The number of rotatable bonds is 11. The Hall–Kier alpha value is -2.68. The number of fused-ring (bicyclic) bond motifs is 1. The zero-order valence-corrected chi connectivity index (χ0v) is 22.7. The quantitative estimate of drug-likeness (QED) is 0.387. The fourth-order valence-corrected chi connectivity index (χ4v) is 5.22. The first-order chi connectivity index (χ1) is 17.1. The Morgan fingerprint density at radius 3 is 2.44 bits per heavy atom. The molecular formula is C27H43N5O4. The van der Waals surface area contributed by atoms with Crippen molar-refractivity contribution in [1.29, 1.82) is 0 Å². The van der Waals surface area contributed by atoms with Gasteiger partial charge < -0.3 is 20.5 Å². The van der Waals surface area contributed by atoms with Crippen molar-refractivity contribution >= 4 is 28.6 Å². The second-order valence-corrected chi connectivity index (χ2v) is 10.7. The van der Waals surface area contributed by atoms with Gasteiger partial charge in [-0.1, -0.05) is 47.5 Å². The van der Waals surface area contributed by atoms with E-state index >= 15 is 0 Å². The van der Waals surface area contributed by atoms with Gasteiger partial charge in [0.25, 0.3) is 0 Å². The molecule has 3 heterocycles. The number of amides is 1. The third-order valence-corrected chi connectivity index (χ3v) is 7.54. The van der Waals surface area contributed by atoms with Crippen LogP contribution in [0.4, 0.5) is 5.69 Å². The molecule has 3 N–H and O–H groups in total. The number of aryl methyl sites for hydroxylation is 2. The molecule has 0 aliphatic carbocycles. The van der Waals surface area contributed by atoms with Crippen molar-refractivity contribution < 1.29 is 19.4 Å². The number of carbonyl (C=O) groups excluding carboxylic acids is 1. The first-order valence-electron chi connectivity index (χ1n) is 13.3. The number of nitrogens with zero attached hydrogens (tertiary/aromatic N) is 3. The second-order valence-electron chi connectivity index (χ2n) is 10.7. The third-order valence-electron chi connectivity index (χ3n) is 7.54. The van der Waals surface area contributed by atoms with Crippen molar-refractivity contribution in [2.24, 2.45) is 10.8 Å². The van der Waals surface area contributed by atoms with Gasteiger partial charge >= 0.3 is 5.97 Å². The molecular weight excluding hydrogens is 458 g/mol. The number of carbonyl (C=O) groups is 2. The lowest BCUT2D eigenvalue weighted by molar-refractivity contribution is -0.165. The Bertz CT molecular complexity index is 1070. The van der Waals surface area contributed by atoms with Gasteiger partial charge in [-0.3, -0.25) is 9.59 Å². The Morgan fingerprint density at radius 2 is 1.89 bits per heavy atom. The lowest BCUT2D eigenvalue weighted by atomic mass is 9.63. The van der Waals surface area contributed by atoms with E-state index in [4.69, 9.17) is 9.72 Å². The zero-order chi connectivity index (χ0) is 26.5. The summed E-state index contributed by atoms with van der Waals surface area (Å²) < 4.78 is 7.42. The average Bonchev–Trinajstić information content (AvgIpc) is 3.26. The normalized spacial score (nSPS) is 16.6. The molecule has 1 fully saturated rings. The Balaban J connectivity index is 2.03. The maximum absolute atomic E-state index is 13.7. The predicted octanol–water partition coefficient (Wildman–Crippen LogP) is 4.53. The first-order valence-corrected chi connectivity index (χ1v) is 13.3. The fraction of sp³-hybridized carbons (Fsp3) is 0.704. The molecule has 200 valence electrons. The molecule has 2 aromatic rings. The largest absolute Gasteiger partial charge is 0.480 e. The molecule has 1 unspecified atom stereocenters. The summed E-state index contributed by atoms with van der Waals surface area (Å²) in [5.41, 5.74) is 1.24. The van der Waals surface area contributed by atoms with Crippen LogP contribution in [-0.2, 0) is 33.8 Å². The van der Waals surface area contributed by atoms with Crippen LogP contribution >= 0.6 is 0 Å². The van der Waals surface area contributed by atoms with E-state index in [1.54, 1.807) is 0 Å². The number of aliphatic carboxylic acids is 1. The van der Waals surface area contributed by atoms with E-state index in [1.807, 2.05) is 52.4 Å². The maximum Gasteiger partial charge on any atom is 0.319 e. The third kappa shape index (κ3) is 5.36. The minimum absolute atomic E-state index is 0.199. The highest BCUT2D eigenvalue weighted by Gasteiger charge is 2.54. The van der Waals surface area contributed by atoms with E-state index in [-0.39, 0.29) is 12.6 Å². The maximum atomic E-state index is 13.7. The van der Waals surface area contributed by atoms with Crippen molar-refractivity contribution in [3.8, 4) is 0 Å². The smallest absolute Gasteiger partial charge is 0.319 e. The molecule has 3 rings (SSSR count). The van der Waals surface area contributed by atoms with Crippen LogP contribution in [0, 0.1) is 10.8 Å². The van der Waals surface area contributed by atoms with Gasteiger partial charge in [0, 0.05) is 43.6 Å². The van der Waals surface area contributed by atoms with Gasteiger partial charge in [0.05, 0.1) is 17.3 Å². The van der Waals surface area contributed by atoms with Gasteiger partial charge in [-0.15, -0.1) is 0 Å². The molecule has 1 saturated heterocycles. The number of aromatic nitrogens is 3. The monoisotopic (exact) mass is 501 g/mol. The van der Waals surface area contributed by atoms with E-state index in [0.717, 1.165) is 47.2 Å². The number of pyridine rings is 1. The molecule has 0 aromatic carbocycles. The number of ether oxygens (including phenoxy) is 1. The van der Waals surface area contributed by atoms with E-state index in [2.05, 4.69) is 15.7 Å². The molecule has 36 heavy (non-hydrogen) atoms. The summed E-state index contributed by atoms with van der Waals surface area (Å²) >= 11 is 0. The van der Waals surface area contributed by atoms with Crippen molar-refractivity contribution in [1.82, 2.24) is 20.1 Å². The number of carboxylic acid groups (broad SMARTS) is 1. The molecule has 9 nitrogen and oxygen atoms in total. The molecule has 0 radical (unpaired) electrons. The lowest BCUT2D eigenvalue weighted by Crippen LogP contribution is -2.54. The number of hydrogen-bond donors (Lipinski definition) is 3. The summed E-state index contributed by atoms with van der Waals surface area (Å²) in [6.07, 6.45) is 6.07. The minimum Gasteiger partial charge on any atom is -0.480 e. The van der Waals surface area contributed by atoms with Crippen LogP contribution in [0.1, 0.15) is 84.9 Å². The highest BCUT2D eigenvalue weighted by atomic mass is 16.5. The molecule has 9 heteroatoms. The van der Waals surface area contributed by atoms with E-state index in [0.29, 0.717) is 39.0 Å². The van der Waals surface area contributed by atoms with E-state index < -0.39 is 22.7 Å². The Labute approximate surface area is 214 Å². The molecule has 2 aromatic heterocycles. The molecule has 1 aliphatic heterocycles. The summed E-state index contributed by atoms with van der Waals surface area (Å²) in [5, 5.41) is 22.5. The van der Waals surface area contributed by atoms with Crippen molar-refractivity contribution in [3.63, 3.8) is 0 Å². The Kier molecular flexibility index (Phi) is 8.98. The lowest BCUT2D eigenvalue weighted by Gasteiger charge is -2.40. The van der Waals surface area contributed by atoms with Crippen molar-refractivity contribution in [2.75, 3.05) is 18.5 Å². The molecule has 1 atom stereocenters. The second kappa shape index (κ2) is 11.6. The van der Waals surface area contributed by atoms with Gasteiger partial charge in [0.2, 0.25) is 5.91 Å². The standard InChI is InChI=1S/C27H43N5O4/c1-7-10-13-27(25(34)35,26(4,5)6)24(33)28-16-19-21(8-2)31-23-20(17-29-32(23)9-3)22(19)30-18-11-14-36-15-12-18/h17-18H,7-16H2,1-6H3,(H,28,33)(H,30,31)(H,34,35). The fourth-order valence-electron chi connectivity index (χ4n) is 5.22. The average molecular weight is 502 g/mol. The van der Waals surface area contributed by atoms with Gasteiger partial charge in [-0.25, -0.2) is 9.67 Å². The first kappa shape index (κ1) is 27.9. The Morgan fingerprint density at radius 1 is 1.19 bits per heavy atom. The summed E-state index contributed by atoms with van der Waals surface area (Å²) in [4.78, 5) is 31.2. The van der Waals surface area contributed by atoms with Gasteiger partial charge in [0.1, 0.15) is 0 Å². The van der Waals surface area contributed by atoms with Crippen LogP contribution in [0.25, 0.3) is 11.0 Å². The van der Waals surface area contributed by atoms with E-state index in [1.165, 1.54) is 0 Å². The summed E-state index contributed by atoms with van der Waals surface area (Å²) in [6, 6.07) is 0.241. The number of nitrogens with one attached hydrogen (secondary N) is 2. The number of unbranched alkanes of at least 4 members (excludes halogenated alkanes) is 1. The topological polar surface area (TPSA) is 118 Å². The van der Waals surface area contributed by atoms with Crippen LogP contribution in [0.15, 0.2) is 6.20 Å². The van der Waals surface area contributed by atoms with Crippen molar-refractivity contribution in [2.45, 2.75) is 99.2 Å². The van der Waals surface area contributed by atoms with E-state index in [9.17, 15) is 14.7 Å². The molecule has 0 spiro atoms. The van der Waals surface area contributed by atoms with Gasteiger partial charge in [-0.05, 0) is 38.0 Å². The molecule has 1 amide bonds. The van der Waals surface area contributed by atoms with Crippen LogP contribution in [-0.4, -0.2) is 51.0 Å². The van der Waals surface area contributed by atoms with Crippen molar-refractivity contribution in [3.05, 3.63) is 17.5 Å². The number of carboxylic acids is 1. The predicted molar refractivity (Wildman–Crippen MR) is 141 cm³/mol. The van der Waals surface area contributed by atoms with Crippen LogP contribution in [0.2, 0.25) is 0 Å². The SMILES string of the molecule is CCCCC(C(=O)O)(C(=O)NCc1c(CC)nc2c(cnn2CC)c1NC1CCOCC1)C(C)(C)C. The highest BCUT2D eigenvalue weighted by molar-refractivity contribution is 6.03. The minimum atomic E-state index is -1.52. The summed E-state index contributed by atoms with van der Waals surface area (Å²) in [6.45, 7) is 13.9. The zero-order valence-electron chi connectivity index (χ0n) is 22.7. The number of hydrogen-bond acceptors (Lipinski definition) is 6. The molecule has 0 bridgehead atoms. The van der Waals surface area contributed by atoms with Gasteiger partial charge in [-0.2, -0.15) is 5.10 Å². The van der Waals surface area contributed by atoms with Crippen LogP contribution in [0.3, 0.4) is 0 Å².